The molecule has 0 saturated heterocycles. The average Bonchev–Trinajstić information content (AvgIpc) is 1.96. The highest BCUT2D eigenvalue weighted by Crippen LogP contribution is 2.22. The third-order valence-corrected chi connectivity index (χ3v) is 2.35. The molecule has 0 heterocycles. The first-order valence-corrected chi connectivity index (χ1v) is 4.74. The standard InChI is InChI=1S/C8H7ClFI/c1-2-5-3-6(11)4-7(9)8(5)10/h3-4H,2H2,1H3. The highest BCUT2D eigenvalue weighted by atomic mass is 127. The quantitative estimate of drug-likeness (QED) is 0.545. The topological polar surface area (TPSA) is 0 Å². The molecule has 0 radical (unpaired) electrons. The van der Waals surface area contributed by atoms with Gasteiger partial charge in [0.2, 0.25) is 0 Å². The largest absolute Gasteiger partial charge is 0.205 e. The van der Waals surface area contributed by atoms with Crippen molar-refractivity contribution >= 4 is 34.2 Å². The Morgan fingerprint density at radius 1 is 1.55 bits per heavy atom. The Morgan fingerprint density at radius 3 is 2.73 bits per heavy atom. The summed E-state index contributed by atoms with van der Waals surface area (Å²) in [5.74, 6) is -0.283. The minimum atomic E-state index is -0.283. The fraction of sp³-hybridized carbons (Fsp3) is 0.250. The van der Waals surface area contributed by atoms with Gasteiger partial charge in [0.15, 0.2) is 0 Å². The van der Waals surface area contributed by atoms with Crippen LogP contribution in [0.15, 0.2) is 12.1 Å². The molecule has 0 N–H and O–H groups in total. The molecule has 0 aliphatic carbocycles. The van der Waals surface area contributed by atoms with Crippen molar-refractivity contribution in [1.82, 2.24) is 0 Å². The van der Waals surface area contributed by atoms with Crippen molar-refractivity contribution in [3.8, 4) is 0 Å². The maximum atomic E-state index is 13.0. The van der Waals surface area contributed by atoms with E-state index >= 15 is 0 Å². The Balaban J connectivity index is 3.24. The van der Waals surface area contributed by atoms with Gasteiger partial charge >= 0.3 is 0 Å². The molecule has 1 rings (SSSR count). The van der Waals surface area contributed by atoms with E-state index in [4.69, 9.17) is 11.6 Å². The molecule has 0 aliphatic rings. The SMILES string of the molecule is CCc1cc(I)cc(Cl)c1F. The van der Waals surface area contributed by atoms with E-state index in [1.165, 1.54) is 0 Å². The molecule has 0 spiro atoms. The van der Waals surface area contributed by atoms with Crippen molar-refractivity contribution in [3.05, 3.63) is 32.1 Å². The van der Waals surface area contributed by atoms with Crippen molar-refractivity contribution in [2.24, 2.45) is 0 Å². The van der Waals surface area contributed by atoms with Crippen LogP contribution in [0.3, 0.4) is 0 Å². The minimum Gasteiger partial charge on any atom is -0.205 e. The smallest absolute Gasteiger partial charge is 0.145 e. The predicted molar refractivity (Wildman–Crippen MR) is 53.5 cm³/mol. The Bertz CT molecular complexity index is 273. The molecule has 0 unspecified atom stereocenters. The van der Waals surface area contributed by atoms with Gasteiger partial charge in [-0.05, 0) is 46.7 Å². The van der Waals surface area contributed by atoms with Crippen molar-refractivity contribution in [2.75, 3.05) is 0 Å². The second-order valence-corrected chi connectivity index (χ2v) is 3.87. The Kier molecular flexibility index (Phi) is 3.13. The lowest BCUT2D eigenvalue weighted by atomic mass is 10.2. The molecule has 1 aromatic carbocycles. The number of aryl methyl sites for hydroxylation is 1. The van der Waals surface area contributed by atoms with Crippen LogP contribution in [0, 0.1) is 9.39 Å². The lowest BCUT2D eigenvalue weighted by Crippen LogP contribution is -1.89. The normalized spacial score (nSPS) is 10.2. The monoisotopic (exact) mass is 284 g/mol. The molecule has 1 aromatic rings. The van der Waals surface area contributed by atoms with Gasteiger partial charge in [-0.1, -0.05) is 18.5 Å². The zero-order chi connectivity index (χ0) is 8.43. The molecule has 11 heavy (non-hydrogen) atoms. The highest BCUT2D eigenvalue weighted by Gasteiger charge is 2.05. The zero-order valence-corrected chi connectivity index (χ0v) is 8.91. The number of hydrogen-bond donors (Lipinski definition) is 0. The molecule has 0 saturated carbocycles. The van der Waals surface area contributed by atoms with Crippen molar-refractivity contribution in [2.45, 2.75) is 13.3 Å². The molecule has 3 heteroatoms. The number of rotatable bonds is 1. The van der Waals surface area contributed by atoms with Crippen molar-refractivity contribution in [1.29, 1.82) is 0 Å². The zero-order valence-electron chi connectivity index (χ0n) is 6.00. The fourth-order valence-corrected chi connectivity index (χ4v) is 1.98. The van der Waals surface area contributed by atoms with Crippen molar-refractivity contribution in [3.63, 3.8) is 0 Å². The second kappa shape index (κ2) is 3.72. The molecule has 0 fully saturated rings. The van der Waals surface area contributed by atoms with Crippen LogP contribution in [0.25, 0.3) is 0 Å². The Hall–Kier alpha value is 0.170. The van der Waals surface area contributed by atoms with Gasteiger partial charge in [-0.25, -0.2) is 4.39 Å². The van der Waals surface area contributed by atoms with Crippen LogP contribution in [0.1, 0.15) is 12.5 Å². The van der Waals surface area contributed by atoms with Gasteiger partial charge in [0, 0.05) is 3.57 Å². The molecule has 0 aromatic heterocycles. The lowest BCUT2D eigenvalue weighted by molar-refractivity contribution is 0.612. The maximum Gasteiger partial charge on any atom is 0.145 e. The molecule has 60 valence electrons. The van der Waals surface area contributed by atoms with E-state index in [1.807, 2.05) is 13.0 Å². The third-order valence-electron chi connectivity index (χ3n) is 1.45. The summed E-state index contributed by atoms with van der Waals surface area (Å²) in [5.41, 5.74) is 0.682. The molecular weight excluding hydrogens is 277 g/mol. The van der Waals surface area contributed by atoms with Crippen LogP contribution < -0.4 is 0 Å². The van der Waals surface area contributed by atoms with Gasteiger partial charge in [-0.15, -0.1) is 0 Å². The van der Waals surface area contributed by atoms with Crippen LogP contribution in [-0.2, 0) is 6.42 Å². The third kappa shape index (κ3) is 2.06. The average molecular weight is 284 g/mol. The van der Waals surface area contributed by atoms with E-state index in [2.05, 4.69) is 22.6 Å². The summed E-state index contributed by atoms with van der Waals surface area (Å²) < 4.78 is 14.0. The van der Waals surface area contributed by atoms with Crippen molar-refractivity contribution < 1.29 is 4.39 Å². The summed E-state index contributed by atoms with van der Waals surface area (Å²) in [5, 5.41) is 0.216. The van der Waals surface area contributed by atoms with E-state index in [1.54, 1.807) is 6.07 Å². The van der Waals surface area contributed by atoms with Crippen LogP contribution in [0.4, 0.5) is 4.39 Å². The van der Waals surface area contributed by atoms with Gasteiger partial charge in [0.05, 0.1) is 5.02 Å². The Labute approximate surface area is 83.9 Å². The summed E-state index contributed by atoms with van der Waals surface area (Å²) >= 11 is 7.74. The van der Waals surface area contributed by atoms with E-state index in [0.29, 0.717) is 12.0 Å². The van der Waals surface area contributed by atoms with Crippen LogP contribution in [-0.4, -0.2) is 0 Å². The van der Waals surface area contributed by atoms with Gasteiger partial charge in [0.25, 0.3) is 0 Å². The Morgan fingerprint density at radius 2 is 2.18 bits per heavy atom. The maximum absolute atomic E-state index is 13.0. The van der Waals surface area contributed by atoms with E-state index < -0.39 is 0 Å². The molecule has 0 nitrogen and oxygen atoms in total. The molecule has 0 bridgehead atoms. The first kappa shape index (κ1) is 9.26. The van der Waals surface area contributed by atoms with Crippen LogP contribution in [0.5, 0.6) is 0 Å². The first-order chi connectivity index (χ1) is 5.15. The molecular formula is C8H7ClFI. The lowest BCUT2D eigenvalue weighted by Gasteiger charge is -2.01. The molecule has 0 amide bonds. The number of halogens is 3. The summed E-state index contributed by atoms with van der Waals surface area (Å²) in [4.78, 5) is 0. The number of hydrogen-bond acceptors (Lipinski definition) is 0. The summed E-state index contributed by atoms with van der Waals surface area (Å²) in [6, 6.07) is 3.43. The minimum absolute atomic E-state index is 0.216. The molecule has 0 atom stereocenters. The summed E-state index contributed by atoms with van der Waals surface area (Å²) in [6.45, 7) is 1.91. The number of benzene rings is 1. The summed E-state index contributed by atoms with van der Waals surface area (Å²) in [6.07, 6.45) is 0.683. The fourth-order valence-electron chi connectivity index (χ4n) is 0.867. The first-order valence-electron chi connectivity index (χ1n) is 3.28. The summed E-state index contributed by atoms with van der Waals surface area (Å²) in [7, 11) is 0. The van der Waals surface area contributed by atoms with Crippen LogP contribution >= 0.6 is 34.2 Å². The van der Waals surface area contributed by atoms with Crippen LogP contribution in [0.2, 0.25) is 5.02 Å². The second-order valence-electron chi connectivity index (χ2n) is 2.21. The van der Waals surface area contributed by atoms with E-state index in [9.17, 15) is 4.39 Å². The predicted octanol–water partition coefficient (Wildman–Crippen LogP) is 3.65. The van der Waals surface area contributed by atoms with Gasteiger partial charge < -0.3 is 0 Å². The van der Waals surface area contributed by atoms with E-state index in [0.717, 1.165) is 3.57 Å². The van der Waals surface area contributed by atoms with Gasteiger partial charge in [-0.2, -0.15) is 0 Å². The van der Waals surface area contributed by atoms with E-state index in [-0.39, 0.29) is 10.8 Å². The highest BCUT2D eigenvalue weighted by molar-refractivity contribution is 14.1. The van der Waals surface area contributed by atoms with Gasteiger partial charge in [0.1, 0.15) is 5.82 Å². The van der Waals surface area contributed by atoms with Gasteiger partial charge in [-0.3, -0.25) is 0 Å². The molecule has 0 aliphatic heterocycles.